The minimum Gasteiger partial charge on any atom is -0.508 e. The van der Waals surface area contributed by atoms with E-state index in [2.05, 4.69) is 6.92 Å². The van der Waals surface area contributed by atoms with Gasteiger partial charge < -0.3 is 5.11 Å². The normalized spacial score (nSPS) is 10.5. The van der Waals surface area contributed by atoms with Gasteiger partial charge in [0.25, 0.3) is 0 Å². The minimum atomic E-state index is -2.87. The van der Waals surface area contributed by atoms with Crippen LogP contribution in [0.3, 0.4) is 0 Å². The zero-order chi connectivity index (χ0) is 23.0. The van der Waals surface area contributed by atoms with Crippen molar-refractivity contribution in [1.29, 1.82) is 0 Å². The highest BCUT2D eigenvalue weighted by molar-refractivity contribution is 7.30. The lowest BCUT2D eigenvalue weighted by Crippen LogP contribution is -1.87. The van der Waals surface area contributed by atoms with Gasteiger partial charge in [-0.15, -0.1) is 9.79 Å². The SMILES string of the molecule is CCCCCCCCCCCCCCCCCCCCc1ccccc1O.O=[P+](O)O. The molecule has 4 nitrogen and oxygen atoms in total. The average molecular weight is 456 g/mol. The maximum atomic E-state index is 9.75. The average Bonchev–Trinajstić information content (AvgIpc) is 2.73. The van der Waals surface area contributed by atoms with Crippen LogP contribution in [0.15, 0.2) is 24.3 Å². The molecular weight excluding hydrogens is 407 g/mol. The standard InChI is InChI=1S/C26H46O.HO3P/c1-2-3-4-5-6-7-8-9-10-11-12-13-14-15-16-17-18-19-22-25-23-20-21-24-26(25)27;1-4(2)3/h20-21,23-24,27H,2-19,22H2,1H3;(H-,1,2,3)/p+1. The Hall–Kier alpha value is -0.960. The zero-order valence-corrected chi connectivity index (χ0v) is 20.8. The number of para-hydroxylation sites is 1. The Balaban J connectivity index is 0.00000206. The van der Waals surface area contributed by atoms with Crippen LogP contribution in [0.2, 0.25) is 0 Å². The van der Waals surface area contributed by atoms with Crippen molar-refractivity contribution >= 4 is 8.25 Å². The van der Waals surface area contributed by atoms with E-state index in [4.69, 9.17) is 14.4 Å². The summed E-state index contributed by atoms with van der Waals surface area (Å²) in [5.74, 6) is 0.462. The van der Waals surface area contributed by atoms with Gasteiger partial charge >= 0.3 is 8.25 Å². The molecule has 0 bridgehead atoms. The monoisotopic (exact) mass is 455 g/mol. The molecule has 31 heavy (non-hydrogen) atoms. The summed E-state index contributed by atoms with van der Waals surface area (Å²) in [6.07, 6.45) is 26.5. The van der Waals surface area contributed by atoms with E-state index in [-0.39, 0.29) is 0 Å². The Kier molecular flexibility index (Phi) is 23.0. The highest BCUT2D eigenvalue weighted by Crippen LogP contribution is 2.19. The minimum absolute atomic E-state index is 0.462. The van der Waals surface area contributed by atoms with Crippen molar-refractivity contribution < 1.29 is 19.5 Å². The fourth-order valence-corrected chi connectivity index (χ4v) is 3.94. The van der Waals surface area contributed by atoms with Crippen molar-refractivity contribution in [2.24, 2.45) is 0 Å². The Labute approximate surface area is 192 Å². The number of rotatable bonds is 19. The molecule has 0 aromatic heterocycles. The summed E-state index contributed by atoms with van der Waals surface area (Å²) in [4.78, 5) is 14.2. The Morgan fingerprint density at radius 3 is 1.29 bits per heavy atom. The second-order valence-electron chi connectivity index (χ2n) is 8.64. The molecule has 180 valence electrons. The van der Waals surface area contributed by atoms with Gasteiger partial charge in [0.05, 0.1) is 0 Å². The summed E-state index contributed by atoms with van der Waals surface area (Å²) in [6, 6.07) is 7.76. The van der Waals surface area contributed by atoms with Crippen molar-refractivity contribution in [3.05, 3.63) is 29.8 Å². The van der Waals surface area contributed by atoms with Crippen molar-refractivity contribution in [2.45, 2.75) is 129 Å². The van der Waals surface area contributed by atoms with Gasteiger partial charge in [0.15, 0.2) is 0 Å². The third kappa shape index (κ3) is 23.5. The molecule has 0 heterocycles. The topological polar surface area (TPSA) is 77.8 Å². The predicted molar refractivity (Wildman–Crippen MR) is 133 cm³/mol. The van der Waals surface area contributed by atoms with Crippen LogP contribution in [0.25, 0.3) is 0 Å². The molecule has 0 unspecified atom stereocenters. The van der Waals surface area contributed by atoms with Crippen LogP contribution in [0, 0.1) is 0 Å². The van der Waals surface area contributed by atoms with Gasteiger partial charge in [0.1, 0.15) is 5.75 Å². The number of hydrogen-bond donors (Lipinski definition) is 3. The van der Waals surface area contributed by atoms with Gasteiger partial charge in [0, 0.05) is 4.57 Å². The van der Waals surface area contributed by atoms with Gasteiger partial charge in [-0.1, -0.05) is 134 Å². The molecular formula is C26H48O4P+. The summed E-state index contributed by atoms with van der Waals surface area (Å²) < 4.78 is 8.70. The van der Waals surface area contributed by atoms with Crippen molar-refractivity contribution in [3.63, 3.8) is 0 Å². The lowest BCUT2D eigenvalue weighted by molar-refractivity contribution is 0.405. The van der Waals surface area contributed by atoms with Crippen LogP contribution in [0.5, 0.6) is 5.75 Å². The third-order valence-corrected chi connectivity index (χ3v) is 5.79. The summed E-state index contributed by atoms with van der Waals surface area (Å²) in [5.41, 5.74) is 1.11. The van der Waals surface area contributed by atoms with Crippen molar-refractivity contribution in [3.8, 4) is 5.75 Å². The summed E-state index contributed by atoms with van der Waals surface area (Å²) in [6.45, 7) is 2.29. The molecule has 1 rings (SSSR count). The molecule has 5 heteroatoms. The van der Waals surface area contributed by atoms with Crippen LogP contribution < -0.4 is 0 Å². The fraction of sp³-hybridized carbons (Fsp3) is 0.769. The first kappa shape index (κ1) is 30.0. The largest absolute Gasteiger partial charge is 0.692 e. The molecule has 0 aliphatic rings. The summed E-state index contributed by atoms with van der Waals surface area (Å²) in [5, 5.41) is 9.75. The van der Waals surface area contributed by atoms with E-state index in [1.54, 1.807) is 6.07 Å². The van der Waals surface area contributed by atoms with Gasteiger partial charge in [-0.3, -0.25) is 0 Å². The molecule has 0 spiro atoms. The highest BCUT2D eigenvalue weighted by Gasteiger charge is 1.99. The lowest BCUT2D eigenvalue weighted by atomic mass is 10.0. The van der Waals surface area contributed by atoms with Gasteiger partial charge in [0.2, 0.25) is 0 Å². The first-order valence-corrected chi connectivity index (χ1v) is 13.9. The molecule has 0 radical (unpaired) electrons. The number of aromatic hydroxyl groups is 1. The first-order valence-electron chi connectivity index (χ1n) is 12.7. The maximum absolute atomic E-state index is 9.75. The maximum Gasteiger partial charge on any atom is 0.692 e. The van der Waals surface area contributed by atoms with Crippen molar-refractivity contribution in [1.82, 2.24) is 0 Å². The molecule has 0 aliphatic carbocycles. The Bertz CT molecular complexity index is 518. The number of unbranched alkanes of at least 4 members (excludes halogenated alkanes) is 17. The van der Waals surface area contributed by atoms with Crippen LogP contribution in [0.4, 0.5) is 0 Å². The number of phenols is 1. The predicted octanol–water partition coefficient (Wildman–Crippen LogP) is 8.60. The molecule has 0 aliphatic heterocycles. The summed E-state index contributed by atoms with van der Waals surface area (Å²) in [7, 11) is -2.87. The van der Waals surface area contributed by atoms with Crippen LogP contribution >= 0.6 is 8.25 Å². The number of benzene rings is 1. The quantitative estimate of drug-likeness (QED) is 0.144. The highest BCUT2D eigenvalue weighted by atomic mass is 31.1. The molecule has 0 amide bonds. The van der Waals surface area contributed by atoms with Crippen LogP contribution in [-0.4, -0.2) is 14.9 Å². The second kappa shape index (κ2) is 23.7. The molecule has 0 saturated carbocycles. The first-order chi connectivity index (χ1) is 15.1. The van der Waals surface area contributed by atoms with E-state index in [1.165, 1.54) is 116 Å². The molecule has 1 aromatic rings. The molecule has 0 fully saturated rings. The number of hydrogen-bond acceptors (Lipinski definition) is 2. The van der Waals surface area contributed by atoms with E-state index in [0.29, 0.717) is 5.75 Å². The third-order valence-electron chi connectivity index (χ3n) is 5.79. The zero-order valence-electron chi connectivity index (χ0n) is 19.9. The van der Waals surface area contributed by atoms with Gasteiger partial charge in [-0.25, -0.2) is 0 Å². The second-order valence-corrected chi connectivity index (χ2v) is 9.15. The smallest absolute Gasteiger partial charge is 0.508 e. The van der Waals surface area contributed by atoms with E-state index in [1.807, 2.05) is 18.2 Å². The van der Waals surface area contributed by atoms with Crippen molar-refractivity contribution in [2.75, 3.05) is 0 Å². The molecule has 3 N–H and O–H groups in total. The van der Waals surface area contributed by atoms with Crippen LogP contribution in [-0.2, 0) is 11.0 Å². The van der Waals surface area contributed by atoms with E-state index >= 15 is 0 Å². The molecule has 0 atom stereocenters. The van der Waals surface area contributed by atoms with Gasteiger partial charge in [-0.2, -0.15) is 0 Å². The fourth-order valence-electron chi connectivity index (χ4n) is 3.94. The van der Waals surface area contributed by atoms with E-state index in [0.717, 1.165) is 12.0 Å². The Morgan fingerprint density at radius 1 is 0.613 bits per heavy atom. The molecule has 0 saturated heterocycles. The number of aryl methyl sites for hydroxylation is 1. The lowest BCUT2D eigenvalue weighted by Gasteiger charge is -2.05. The van der Waals surface area contributed by atoms with E-state index in [9.17, 15) is 5.11 Å². The number of phenolic OH excluding ortho intramolecular Hbond substituents is 1. The Morgan fingerprint density at radius 2 is 0.935 bits per heavy atom. The summed E-state index contributed by atoms with van der Waals surface area (Å²) >= 11 is 0. The van der Waals surface area contributed by atoms with E-state index < -0.39 is 8.25 Å². The molecule has 1 aromatic carbocycles. The van der Waals surface area contributed by atoms with Crippen LogP contribution in [0.1, 0.15) is 128 Å². The van der Waals surface area contributed by atoms with Gasteiger partial charge in [-0.05, 0) is 24.5 Å².